The molecule has 0 unspecified atom stereocenters. The molecule has 4 aromatic rings. The second-order valence-electron chi connectivity index (χ2n) is 7.12. The number of phenolic OH excluding ortho intramolecular Hbond substituents is 1. The van der Waals surface area contributed by atoms with Crippen LogP contribution >= 0.6 is 0 Å². The van der Waals surface area contributed by atoms with Crippen molar-refractivity contribution < 1.29 is 23.1 Å². The molecule has 156 valence electrons. The number of rotatable bonds is 2. The Morgan fingerprint density at radius 2 is 1.61 bits per heavy atom. The van der Waals surface area contributed by atoms with Crippen molar-refractivity contribution in [1.82, 2.24) is 4.98 Å². The highest BCUT2D eigenvalue weighted by molar-refractivity contribution is 7.84. The van der Waals surface area contributed by atoms with Crippen LogP contribution in [0, 0.1) is 0 Å². The van der Waals surface area contributed by atoms with E-state index in [-0.39, 0.29) is 5.75 Å². The number of aromatic nitrogens is 1. The third kappa shape index (κ3) is 4.58. The molecule has 0 radical (unpaired) electrons. The molecule has 3 aromatic carbocycles. The first-order valence-electron chi connectivity index (χ1n) is 9.51. The molecule has 1 aliphatic heterocycles. The van der Waals surface area contributed by atoms with Crippen LogP contribution in [0.1, 0.15) is 16.7 Å². The summed E-state index contributed by atoms with van der Waals surface area (Å²) in [6.07, 6.45) is 4.73. The molecule has 1 aliphatic rings. The fraction of sp³-hybridized carbons (Fsp3) is 0.0417. The van der Waals surface area contributed by atoms with Crippen LogP contribution in [-0.4, -0.2) is 35.5 Å². The SMILES string of the molecule is CS(=O)(=O)[O-].Oc1ccc(C(=C2C=[NH+]c3ccccc32)c2c[nH]c3ccccc23)cc1. The van der Waals surface area contributed by atoms with Crippen LogP contribution in [0.2, 0.25) is 0 Å². The topological polar surface area (TPSA) is 107 Å². The Bertz CT molecular complexity index is 1410. The number of aromatic amines is 1. The highest BCUT2D eigenvalue weighted by Crippen LogP contribution is 2.37. The van der Waals surface area contributed by atoms with Gasteiger partial charge in [0, 0.05) is 40.6 Å². The van der Waals surface area contributed by atoms with E-state index in [0.717, 1.165) is 33.5 Å². The number of allylic oxidation sites excluding steroid dienone is 1. The van der Waals surface area contributed by atoms with Gasteiger partial charge in [0.15, 0.2) is 6.21 Å². The summed E-state index contributed by atoms with van der Waals surface area (Å²) in [5.41, 5.74) is 7.90. The molecule has 3 N–H and O–H groups in total. The first kappa shape index (κ1) is 20.6. The number of phenols is 1. The molecule has 0 saturated carbocycles. The van der Waals surface area contributed by atoms with Crippen LogP contribution in [0.4, 0.5) is 5.69 Å². The molecule has 0 saturated heterocycles. The Hall–Kier alpha value is -3.68. The molecule has 1 aromatic heterocycles. The van der Waals surface area contributed by atoms with E-state index in [1.165, 1.54) is 10.9 Å². The van der Waals surface area contributed by atoms with E-state index in [1.807, 2.05) is 24.3 Å². The number of para-hydroxylation sites is 2. The number of benzene rings is 3. The van der Waals surface area contributed by atoms with Crippen LogP contribution in [0.5, 0.6) is 5.75 Å². The molecule has 0 atom stereocenters. The number of hydrogen-bond acceptors (Lipinski definition) is 4. The number of hydrogen-bond donors (Lipinski definition) is 3. The van der Waals surface area contributed by atoms with Gasteiger partial charge in [-0.3, -0.25) is 0 Å². The number of nitrogens with one attached hydrogen (secondary N) is 2. The van der Waals surface area contributed by atoms with E-state index in [9.17, 15) is 5.11 Å². The van der Waals surface area contributed by atoms with Gasteiger partial charge in [-0.25, -0.2) is 13.4 Å². The first-order valence-corrected chi connectivity index (χ1v) is 11.3. The molecule has 31 heavy (non-hydrogen) atoms. The van der Waals surface area contributed by atoms with E-state index >= 15 is 0 Å². The van der Waals surface area contributed by atoms with Crippen LogP contribution in [-0.2, 0) is 10.1 Å². The van der Waals surface area contributed by atoms with Crippen LogP contribution in [0.25, 0.3) is 22.0 Å². The van der Waals surface area contributed by atoms with E-state index in [4.69, 9.17) is 13.0 Å². The standard InChI is InChI=1S/C23H16N2O.CH4O3S/c26-16-11-9-15(10-12-16)23(19-13-24-21-7-3-1-5-17(19)21)20-14-25-22-8-4-2-6-18(20)22;1-5(2,3)4/h1-14,24,26H;1H3,(H,2,3,4). The lowest BCUT2D eigenvalue weighted by molar-refractivity contribution is -0.342. The quantitative estimate of drug-likeness (QED) is 0.423. The van der Waals surface area contributed by atoms with Gasteiger partial charge >= 0.3 is 0 Å². The normalized spacial score (nSPS) is 14.1. The molecule has 5 rings (SSSR count). The summed E-state index contributed by atoms with van der Waals surface area (Å²) in [5.74, 6) is 0.269. The summed E-state index contributed by atoms with van der Waals surface area (Å²) < 4.78 is 27.2. The molecule has 0 spiro atoms. The van der Waals surface area contributed by atoms with Gasteiger partial charge in [0.2, 0.25) is 5.69 Å². The number of fused-ring (bicyclic) bond motifs is 2. The van der Waals surface area contributed by atoms with E-state index in [1.54, 1.807) is 12.1 Å². The number of aromatic hydroxyl groups is 1. The first-order chi connectivity index (χ1) is 14.8. The molecule has 2 heterocycles. The van der Waals surface area contributed by atoms with Crippen molar-refractivity contribution in [2.24, 2.45) is 0 Å². The minimum atomic E-state index is -3.92. The Balaban J connectivity index is 0.000000418. The minimum Gasteiger partial charge on any atom is -0.748 e. The summed E-state index contributed by atoms with van der Waals surface area (Å²) in [5, 5.41) is 10.9. The van der Waals surface area contributed by atoms with Crippen molar-refractivity contribution in [2.75, 3.05) is 6.26 Å². The maximum atomic E-state index is 9.72. The Kier molecular flexibility index (Phi) is 5.46. The van der Waals surface area contributed by atoms with Crippen LogP contribution < -0.4 is 4.99 Å². The predicted octanol–water partition coefficient (Wildman–Crippen LogP) is 2.79. The van der Waals surface area contributed by atoms with Gasteiger partial charge in [0.25, 0.3) is 0 Å². The van der Waals surface area contributed by atoms with Crippen molar-refractivity contribution in [3.8, 4) is 5.75 Å². The zero-order chi connectivity index (χ0) is 22.0. The highest BCUT2D eigenvalue weighted by Gasteiger charge is 2.24. The molecule has 0 bridgehead atoms. The Morgan fingerprint density at radius 1 is 0.968 bits per heavy atom. The summed E-state index contributed by atoms with van der Waals surface area (Å²) >= 11 is 0. The summed E-state index contributed by atoms with van der Waals surface area (Å²) in [6, 6.07) is 24.0. The Labute approximate surface area is 180 Å². The second kappa shape index (κ2) is 8.22. The molecule has 0 aliphatic carbocycles. The van der Waals surface area contributed by atoms with Crippen molar-refractivity contribution in [1.29, 1.82) is 0 Å². The second-order valence-corrected chi connectivity index (χ2v) is 8.53. The van der Waals surface area contributed by atoms with E-state index in [0.29, 0.717) is 6.26 Å². The summed E-state index contributed by atoms with van der Waals surface area (Å²) in [6.45, 7) is 0. The molecule has 0 fully saturated rings. The zero-order valence-corrected chi connectivity index (χ0v) is 17.5. The maximum absolute atomic E-state index is 9.72. The van der Waals surface area contributed by atoms with Crippen molar-refractivity contribution in [2.45, 2.75) is 0 Å². The highest BCUT2D eigenvalue weighted by atomic mass is 32.2. The lowest BCUT2D eigenvalue weighted by Crippen LogP contribution is -2.58. The van der Waals surface area contributed by atoms with Crippen LogP contribution in [0.15, 0.2) is 79.0 Å². The van der Waals surface area contributed by atoms with Crippen molar-refractivity contribution >= 4 is 44.1 Å². The van der Waals surface area contributed by atoms with Crippen molar-refractivity contribution in [3.63, 3.8) is 0 Å². The Morgan fingerprint density at radius 3 is 2.35 bits per heavy atom. The number of H-pyrrole nitrogens is 1. The molecule has 0 amide bonds. The van der Waals surface area contributed by atoms with Gasteiger partial charge in [-0.2, -0.15) is 0 Å². The van der Waals surface area contributed by atoms with E-state index in [2.05, 4.69) is 58.8 Å². The summed E-state index contributed by atoms with van der Waals surface area (Å²) in [4.78, 5) is 6.76. The maximum Gasteiger partial charge on any atom is 0.211 e. The van der Waals surface area contributed by atoms with Gasteiger partial charge in [0.1, 0.15) is 5.75 Å². The van der Waals surface area contributed by atoms with Gasteiger partial charge in [-0.15, -0.1) is 0 Å². The molecule has 7 heteroatoms. The lowest BCUT2D eigenvalue weighted by Gasteiger charge is -2.10. The third-order valence-electron chi connectivity index (χ3n) is 4.87. The predicted molar refractivity (Wildman–Crippen MR) is 121 cm³/mol. The molecular formula is C24H20N2O4S. The van der Waals surface area contributed by atoms with Gasteiger partial charge < -0.3 is 14.6 Å². The minimum absolute atomic E-state index is 0.269. The van der Waals surface area contributed by atoms with Gasteiger partial charge in [0.05, 0.1) is 21.3 Å². The molecule has 6 nitrogen and oxygen atoms in total. The summed E-state index contributed by atoms with van der Waals surface area (Å²) in [7, 11) is -3.92. The average molecular weight is 433 g/mol. The van der Waals surface area contributed by atoms with Gasteiger partial charge in [-0.05, 0) is 29.8 Å². The largest absolute Gasteiger partial charge is 0.748 e. The average Bonchev–Trinajstić information content (AvgIpc) is 3.34. The molecular weight excluding hydrogens is 412 g/mol. The van der Waals surface area contributed by atoms with Crippen molar-refractivity contribution in [3.05, 3.63) is 95.7 Å². The van der Waals surface area contributed by atoms with Gasteiger partial charge in [-0.1, -0.05) is 42.5 Å². The lowest BCUT2D eigenvalue weighted by atomic mass is 9.90. The monoisotopic (exact) mass is 432 g/mol. The fourth-order valence-corrected chi connectivity index (χ4v) is 3.64. The smallest absolute Gasteiger partial charge is 0.211 e. The zero-order valence-electron chi connectivity index (χ0n) is 16.7. The fourth-order valence-electron chi connectivity index (χ4n) is 3.64. The van der Waals surface area contributed by atoms with E-state index < -0.39 is 10.1 Å². The van der Waals surface area contributed by atoms with Crippen LogP contribution in [0.3, 0.4) is 0 Å². The third-order valence-corrected chi connectivity index (χ3v) is 4.87.